The van der Waals surface area contributed by atoms with Crippen LogP contribution in [-0.4, -0.2) is 11.8 Å². The second-order valence-electron chi connectivity index (χ2n) is 4.25. The molecule has 2 aromatic carbocycles. The first-order valence-corrected chi connectivity index (χ1v) is 5.99. The third-order valence-corrected chi connectivity index (χ3v) is 2.77. The van der Waals surface area contributed by atoms with Crippen LogP contribution in [-0.2, 0) is 6.54 Å². The average Bonchev–Trinajstić information content (AvgIpc) is 2.46. The average molecular weight is 272 g/mol. The van der Waals surface area contributed by atoms with Gasteiger partial charge in [0.1, 0.15) is 5.82 Å². The minimum absolute atomic E-state index is 0.261. The van der Waals surface area contributed by atoms with E-state index in [1.54, 1.807) is 24.3 Å². The molecular weight excluding hydrogens is 259 g/mol. The lowest BCUT2D eigenvalue weighted by Crippen LogP contribution is -2.23. The molecule has 2 amide bonds. The predicted molar refractivity (Wildman–Crippen MR) is 72.5 cm³/mol. The minimum atomic E-state index is -0.517. The second-order valence-corrected chi connectivity index (χ2v) is 4.25. The fourth-order valence-electron chi connectivity index (χ4n) is 1.72. The summed E-state index contributed by atoms with van der Waals surface area (Å²) in [7, 11) is 0. The molecule has 0 saturated carbocycles. The lowest BCUT2D eigenvalue weighted by atomic mass is 10.1. The highest BCUT2D eigenvalue weighted by Crippen LogP contribution is 2.06. The number of nitrogens with one attached hydrogen (secondary N) is 1. The van der Waals surface area contributed by atoms with Crippen molar-refractivity contribution in [3.8, 4) is 0 Å². The molecule has 20 heavy (non-hydrogen) atoms. The summed E-state index contributed by atoms with van der Waals surface area (Å²) in [6.07, 6.45) is 0. The number of amides is 2. The number of nitrogens with two attached hydrogens (primary N) is 1. The zero-order valence-electron chi connectivity index (χ0n) is 10.6. The molecule has 4 nitrogen and oxygen atoms in total. The fraction of sp³-hybridized carbons (Fsp3) is 0.0667. The third-order valence-electron chi connectivity index (χ3n) is 2.77. The molecular formula is C15H13FN2O2. The molecule has 0 spiro atoms. The summed E-state index contributed by atoms with van der Waals surface area (Å²) in [6.45, 7) is 0.261. The van der Waals surface area contributed by atoms with E-state index in [9.17, 15) is 14.0 Å². The number of halogens is 1. The van der Waals surface area contributed by atoms with Gasteiger partial charge in [0.25, 0.3) is 5.91 Å². The Kier molecular flexibility index (Phi) is 4.10. The summed E-state index contributed by atoms with van der Waals surface area (Å²) in [5.74, 6) is -1.22. The fourth-order valence-corrected chi connectivity index (χ4v) is 1.72. The smallest absolute Gasteiger partial charge is 0.251 e. The van der Waals surface area contributed by atoms with Gasteiger partial charge in [-0.2, -0.15) is 0 Å². The van der Waals surface area contributed by atoms with Crippen LogP contribution >= 0.6 is 0 Å². The molecule has 0 aliphatic carbocycles. The van der Waals surface area contributed by atoms with Crippen molar-refractivity contribution in [3.05, 3.63) is 71.0 Å². The maximum absolute atomic E-state index is 12.7. The normalized spacial score (nSPS) is 10.1. The topological polar surface area (TPSA) is 72.2 Å². The molecule has 2 aromatic rings. The second kappa shape index (κ2) is 5.97. The van der Waals surface area contributed by atoms with Gasteiger partial charge in [0.15, 0.2) is 0 Å². The Balaban J connectivity index is 2.01. The number of carbonyl (C=O) groups is 2. The Morgan fingerprint density at radius 3 is 2.40 bits per heavy atom. The highest BCUT2D eigenvalue weighted by molar-refractivity contribution is 5.94. The van der Waals surface area contributed by atoms with Crippen molar-refractivity contribution in [3.63, 3.8) is 0 Å². The largest absolute Gasteiger partial charge is 0.366 e. The Morgan fingerprint density at radius 2 is 1.75 bits per heavy atom. The highest BCUT2D eigenvalue weighted by Gasteiger charge is 2.06. The van der Waals surface area contributed by atoms with Crippen LogP contribution in [0.4, 0.5) is 4.39 Å². The number of hydrogen-bond acceptors (Lipinski definition) is 2. The van der Waals surface area contributed by atoms with Crippen LogP contribution in [0.2, 0.25) is 0 Å². The summed E-state index contributed by atoms with van der Waals surface area (Å²) in [4.78, 5) is 22.9. The molecule has 102 valence electrons. The van der Waals surface area contributed by atoms with Gasteiger partial charge in [0.2, 0.25) is 5.91 Å². The van der Waals surface area contributed by atoms with Gasteiger partial charge >= 0.3 is 0 Å². The van der Waals surface area contributed by atoms with Crippen LogP contribution < -0.4 is 11.1 Å². The van der Waals surface area contributed by atoms with Crippen molar-refractivity contribution in [1.29, 1.82) is 0 Å². The van der Waals surface area contributed by atoms with Crippen LogP contribution in [0.3, 0.4) is 0 Å². The van der Waals surface area contributed by atoms with Gasteiger partial charge < -0.3 is 11.1 Å². The highest BCUT2D eigenvalue weighted by atomic mass is 19.1. The number of rotatable bonds is 4. The summed E-state index contributed by atoms with van der Waals surface area (Å²) in [5.41, 5.74) is 6.70. The van der Waals surface area contributed by atoms with Gasteiger partial charge in [-0.05, 0) is 42.0 Å². The van der Waals surface area contributed by atoms with Gasteiger partial charge in [0, 0.05) is 17.7 Å². The van der Waals surface area contributed by atoms with Gasteiger partial charge in [0.05, 0.1) is 0 Å². The Hall–Kier alpha value is -2.69. The van der Waals surface area contributed by atoms with E-state index in [1.807, 2.05) is 0 Å². The minimum Gasteiger partial charge on any atom is -0.366 e. The van der Waals surface area contributed by atoms with Crippen LogP contribution in [0.15, 0.2) is 48.5 Å². The molecule has 3 N–H and O–H groups in total. The summed E-state index contributed by atoms with van der Waals surface area (Å²) < 4.78 is 12.7. The van der Waals surface area contributed by atoms with Gasteiger partial charge in [-0.1, -0.05) is 12.1 Å². The molecule has 2 rings (SSSR count). The van der Waals surface area contributed by atoms with Gasteiger partial charge in [-0.25, -0.2) is 4.39 Å². The maximum atomic E-state index is 12.7. The monoisotopic (exact) mass is 272 g/mol. The summed E-state index contributed by atoms with van der Waals surface area (Å²) in [6, 6.07) is 12.0. The molecule has 0 fully saturated rings. The van der Waals surface area contributed by atoms with Crippen molar-refractivity contribution < 1.29 is 14.0 Å². The molecule has 0 aromatic heterocycles. The standard InChI is InChI=1S/C15H13FN2O2/c16-13-6-4-11(5-7-13)15(20)18-9-10-2-1-3-12(8-10)14(17)19/h1-8H,9H2,(H2,17,19)(H,18,20). The van der Waals surface area contributed by atoms with E-state index in [2.05, 4.69) is 5.32 Å². The number of benzene rings is 2. The molecule has 0 bridgehead atoms. The van der Waals surface area contributed by atoms with Crippen molar-refractivity contribution in [2.24, 2.45) is 5.73 Å². The number of hydrogen-bond donors (Lipinski definition) is 2. The van der Waals surface area contributed by atoms with Crippen LogP contribution in [0, 0.1) is 5.82 Å². The van der Waals surface area contributed by atoms with E-state index in [-0.39, 0.29) is 12.5 Å². The SMILES string of the molecule is NC(=O)c1cccc(CNC(=O)c2ccc(F)cc2)c1. The Bertz CT molecular complexity index is 639. The van der Waals surface area contributed by atoms with Gasteiger partial charge in [-0.15, -0.1) is 0 Å². The molecule has 0 aliphatic rings. The molecule has 5 heteroatoms. The summed E-state index contributed by atoms with van der Waals surface area (Å²) in [5, 5.41) is 2.69. The Labute approximate surface area is 115 Å². The van der Waals surface area contributed by atoms with Crippen molar-refractivity contribution in [2.75, 3.05) is 0 Å². The molecule has 0 unspecified atom stereocenters. The zero-order valence-corrected chi connectivity index (χ0v) is 10.6. The van der Waals surface area contributed by atoms with Crippen LogP contribution in [0.25, 0.3) is 0 Å². The Morgan fingerprint density at radius 1 is 1.05 bits per heavy atom. The third kappa shape index (κ3) is 3.41. The van der Waals surface area contributed by atoms with E-state index in [4.69, 9.17) is 5.73 Å². The first kappa shape index (κ1) is 13.7. The molecule has 0 heterocycles. The summed E-state index contributed by atoms with van der Waals surface area (Å²) >= 11 is 0. The first-order chi connectivity index (χ1) is 9.56. The number of primary amides is 1. The molecule has 0 atom stereocenters. The van der Waals surface area contributed by atoms with E-state index in [1.165, 1.54) is 24.3 Å². The van der Waals surface area contributed by atoms with Crippen molar-refractivity contribution >= 4 is 11.8 Å². The lowest BCUT2D eigenvalue weighted by Gasteiger charge is -2.06. The van der Waals surface area contributed by atoms with Crippen molar-refractivity contribution in [1.82, 2.24) is 5.32 Å². The van der Waals surface area contributed by atoms with Crippen LogP contribution in [0.5, 0.6) is 0 Å². The van der Waals surface area contributed by atoms with E-state index < -0.39 is 11.7 Å². The lowest BCUT2D eigenvalue weighted by molar-refractivity contribution is 0.0950. The first-order valence-electron chi connectivity index (χ1n) is 5.99. The molecule has 0 saturated heterocycles. The van der Waals surface area contributed by atoms with E-state index >= 15 is 0 Å². The van der Waals surface area contributed by atoms with Gasteiger partial charge in [-0.3, -0.25) is 9.59 Å². The maximum Gasteiger partial charge on any atom is 0.251 e. The molecule has 0 radical (unpaired) electrons. The van der Waals surface area contributed by atoms with Crippen molar-refractivity contribution in [2.45, 2.75) is 6.54 Å². The number of carbonyl (C=O) groups excluding carboxylic acids is 2. The van der Waals surface area contributed by atoms with E-state index in [0.29, 0.717) is 11.1 Å². The van der Waals surface area contributed by atoms with E-state index in [0.717, 1.165) is 5.56 Å². The molecule has 0 aliphatic heterocycles. The predicted octanol–water partition coefficient (Wildman–Crippen LogP) is 1.85. The van der Waals surface area contributed by atoms with Crippen LogP contribution in [0.1, 0.15) is 26.3 Å². The zero-order chi connectivity index (χ0) is 14.5. The quantitative estimate of drug-likeness (QED) is 0.891.